The van der Waals surface area contributed by atoms with Gasteiger partial charge in [-0.15, -0.1) is 0 Å². The van der Waals surface area contributed by atoms with Crippen LogP contribution >= 0.6 is 0 Å². The van der Waals surface area contributed by atoms with Crippen molar-refractivity contribution in [2.24, 2.45) is 0 Å². The zero-order valence-electron chi connectivity index (χ0n) is 28.1. The fourth-order valence-electron chi connectivity index (χ4n) is 9.45. The third kappa shape index (κ3) is 3.34. The molecule has 2 heteroatoms. The molecule has 0 bridgehead atoms. The number of para-hydroxylation sites is 3. The van der Waals surface area contributed by atoms with Gasteiger partial charge < -0.3 is 0 Å². The number of fused-ring (bicyclic) bond motifs is 4. The highest BCUT2D eigenvalue weighted by Gasteiger charge is 2.46. The molecule has 49 heavy (non-hydrogen) atoms. The normalized spacial score (nSPS) is 15.3. The second-order valence-corrected chi connectivity index (χ2v) is 15.2. The second-order valence-electron chi connectivity index (χ2n) is 15.2. The Morgan fingerprint density at radius 2 is 1.06 bits per heavy atom. The highest BCUT2D eigenvalue weighted by Crippen LogP contribution is 2.63. The van der Waals surface area contributed by atoms with E-state index in [1.165, 1.54) is 77.5 Å². The van der Waals surface area contributed by atoms with Crippen molar-refractivity contribution >= 4 is 21.8 Å². The van der Waals surface area contributed by atoms with Crippen LogP contribution < -0.4 is 0 Å². The van der Waals surface area contributed by atoms with E-state index in [-0.39, 0.29) is 10.8 Å². The van der Waals surface area contributed by atoms with Gasteiger partial charge in [0.15, 0.2) is 0 Å². The van der Waals surface area contributed by atoms with Crippen LogP contribution in [0, 0.1) is 0 Å². The van der Waals surface area contributed by atoms with Crippen molar-refractivity contribution in [2.45, 2.75) is 38.5 Å². The van der Waals surface area contributed by atoms with Gasteiger partial charge in [0.25, 0.3) is 0 Å². The summed E-state index contributed by atoms with van der Waals surface area (Å²) < 4.78 is 2.27. The Labute approximate surface area is 286 Å². The quantitative estimate of drug-likeness (QED) is 0.191. The molecule has 7 aromatic carbocycles. The van der Waals surface area contributed by atoms with Gasteiger partial charge in [0.2, 0.25) is 0 Å². The molecule has 0 unspecified atom stereocenters. The minimum Gasteiger partial charge on any atom is -0.292 e. The van der Waals surface area contributed by atoms with E-state index < -0.39 is 0 Å². The molecular formula is C47H34N2. The van der Waals surface area contributed by atoms with Gasteiger partial charge in [-0.25, -0.2) is 4.98 Å². The maximum absolute atomic E-state index is 5.12. The molecule has 0 fully saturated rings. The Hall–Kier alpha value is -5.73. The summed E-state index contributed by atoms with van der Waals surface area (Å²) in [4.78, 5) is 5.12. The lowest BCUT2D eigenvalue weighted by Gasteiger charge is -2.36. The van der Waals surface area contributed by atoms with Crippen LogP contribution in [0.5, 0.6) is 0 Å². The monoisotopic (exact) mass is 626 g/mol. The number of rotatable bonds is 3. The molecule has 2 nitrogen and oxygen atoms in total. The molecule has 11 rings (SSSR count). The second kappa shape index (κ2) is 9.03. The summed E-state index contributed by atoms with van der Waals surface area (Å²) in [6.45, 7) is 9.74. The van der Waals surface area contributed by atoms with E-state index in [0.717, 1.165) is 28.1 Å². The molecule has 0 spiro atoms. The van der Waals surface area contributed by atoms with Gasteiger partial charge in [-0.1, -0.05) is 119 Å². The van der Waals surface area contributed by atoms with Gasteiger partial charge in [0.1, 0.15) is 5.82 Å². The van der Waals surface area contributed by atoms with E-state index in [2.05, 4.69) is 166 Å². The molecule has 0 saturated carbocycles. The number of hydrogen-bond donors (Lipinski definition) is 0. The highest BCUT2D eigenvalue weighted by molar-refractivity contribution is 6.22. The molecule has 0 atom stereocenters. The number of hydrogen-bond acceptors (Lipinski definition) is 1. The van der Waals surface area contributed by atoms with Crippen LogP contribution in [0.4, 0.5) is 0 Å². The SMILES string of the molecule is CC1(C)c2cc(-c3ccc(-c4nc5ccccc5n4-c4ccccc4)cc3)cc3c2-c2c1cc1c4c(ccc(c24)C3(C)C)-c2ccccc2-1. The van der Waals surface area contributed by atoms with Crippen LogP contribution in [0.3, 0.4) is 0 Å². The first-order valence-electron chi connectivity index (χ1n) is 17.4. The zero-order valence-corrected chi connectivity index (χ0v) is 28.1. The molecule has 0 radical (unpaired) electrons. The Bertz CT molecular complexity index is 2740. The number of imidazole rings is 1. The van der Waals surface area contributed by atoms with Crippen molar-refractivity contribution in [3.05, 3.63) is 156 Å². The summed E-state index contributed by atoms with van der Waals surface area (Å²) >= 11 is 0. The Kier molecular flexibility index (Phi) is 5.02. The smallest absolute Gasteiger partial charge is 0.145 e. The van der Waals surface area contributed by atoms with E-state index >= 15 is 0 Å². The van der Waals surface area contributed by atoms with Gasteiger partial charge in [-0.3, -0.25) is 4.57 Å². The van der Waals surface area contributed by atoms with Crippen molar-refractivity contribution in [3.8, 4) is 61.6 Å². The molecular weight excluding hydrogens is 593 g/mol. The minimum atomic E-state index is -0.142. The fourth-order valence-corrected chi connectivity index (χ4v) is 9.45. The lowest BCUT2D eigenvalue weighted by molar-refractivity contribution is 0.639. The van der Waals surface area contributed by atoms with Gasteiger partial charge in [-0.05, 0) is 120 Å². The van der Waals surface area contributed by atoms with Gasteiger partial charge in [0.05, 0.1) is 11.0 Å². The number of benzene rings is 7. The van der Waals surface area contributed by atoms with Crippen LogP contribution in [0.25, 0.3) is 83.4 Å². The lowest BCUT2D eigenvalue weighted by atomic mass is 9.67. The molecule has 1 heterocycles. The van der Waals surface area contributed by atoms with E-state index in [1.807, 2.05) is 0 Å². The van der Waals surface area contributed by atoms with Crippen molar-refractivity contribution in [3.63, 3.8) is 0 Å². The van der Waals surface area contributed by atoms with Crippen LogP contribution in [0.15, 0.2) is 133 Å². The largest absolute Gasteiger partial charge is 0.292 e. The molecule has 3 aliphatic carbocycles. The molecule has 0 aliphatic heterocycles. The van der Waals surface area contributed by atoms with Gasteiger partial charge >= 0.3 is 0 Å². The number of nitrogens with zero attached hydrogens (tertiary/aromatic N) is 2. The maximum Gasteiger partial charge on any atom is 0.145 e. The molecule has 8 aromatic rings. The maximum atomic E-state index is 5.12. The predicted molar refractivity (Wildman–Crippen MR) is 204 cm³/mol. The average molecular weight is 627 g/mol. The van der Waals surface area contributed by atoms with Crippen molar-refractivity contribution in [1.82, 2.24) is 9.55 Å². The first kappa shape index (κ1) is 27.2. The van der Waals surface area contributed by atoms with Crippen LogP contribution in [-0.2, 0) is 10.8 Å². The van der Waals surface area contributed by atoms with Crippen LogP contribution in [0.2, 0.25) is 0 Å². The van der Waals surface area contributed by atoms with Crippen LogP contribution in [0.1, 0.15) is 49.9 Å². The topological polar surface area (TPSA) is 17.8 Å². The zero-order chi connectivity index (χ0) is 32.8. The van der Waals surface area contributed by atoms with Gasteiger partial charge in [0, 0.05) is 22.1 Å². The van der Waals surface area contributed by atoms with Crippen molar-refractivity contribution in [2.75, 3.05) is 0 Å². The summed E-state index contributed by atoms with van der Waals surface area (Å²) in [5, 5.41) is 2.92. The minimum absolute atomic E-state index is 0.119. The molecule has 232 valence electrons. The van der Waals surface area contributed by atoms with E-state index in [9.17, 15) is 0 Å². The first-order valence-corrected chi connectivity index (χ1v) is 17.4. The molecule has 0 amide bonds. The summed E-state index contributed by atoms with van der Waals surface area (Å²) in [7, 11) is 0. The summed E-state index contributed by atoms with van der Waals surface area (Å²) in [5.74, 6) is 0.958. The summed E-state index contributed by atoms with van der Waals surface area (Å²) in [5.41, 5.74) is 20.8. The molecule has 3 aliphatic rings. The third-order valence-corrected chi connectivity index (χ3v) is 11.9. The van der Waals surface area contributed by atoms with Crippen molar-refractivity contribution in [1.29, 1.82) is 0 Å². The fraction of sp³-hybridized carbons (Fsp3) is 0.128. The van der Waals surface area contributed by atoms with Crippen LogP contribution in [-0.4, -0.2) is 9.55 Å². The molecule has 1 aromatic heterocycles. The third-order valence-electron chi connectivity index (χ3n) is 11.9. The molecule has 0 saturated heterocycles. The summed E-state index contributed by atoms with van der Waals surface area (Å²) in [6, 6.07) is 49.3. The average Bonchev–Trinajstić information content (AvgIpc) is 3.75. The first-order chi connectivity index (χ1) is 23.8. The van der Waals surface area contributed by atoms with E-state index in [1.54, 1.807) is 0 Å². The van der Waals surface area contributed by atoms with Gasteiger partial charge in [-0.2, -0.15) is 0 Å². The number of aromatic nitrogens is 2. The van der Waals surface area contributed by atoms with E-state index in [0.29, 0.717) is 0 Å². The molecule has 0 N–H and O–H groups in total. The summed E-state index contributed by atoms with van der Waals surface area (Å²) in [6.07, 6.45) is 0. The standard InChI is InChI=1S/C47H34N2/c1-46(2)35-23-22-33-31-14-8-9-15-32(31)34-26-38-44(43(35)41(33)34)42-36(46)24-29(25-37(42)47(38,3)4)27-18-20-28(21-19-27)45-48-39-16-10-11-17-40(39)49(45)30-12-6-5-7-13-30/h5-26H,1-4H3. The van der Waals surface area contributed by atoms with E-state index in [4.69, 9.17) is 4.98 Å². The predicted octanol–water partition coefficient (Wildman–Crippen LogP) is 12.1. The Balaban J connectivity index is 1.10. The lowest BCUT2D eigenvalue weighted by Crippen LogP contribution is -2.24. The van der Waals surface area contributed by atoms with Crippen molar-refractivity contribution < 1.29 is 0 Å². The Morgan fingerprint density at radius 3 is 1.82 bits per heavy atom. The Morgan fingerprint density at radius 1 is 0.449 bits per heavy atom. The highest BCUT2D eigenvalue weighted by atomic mass is 15.1.